The molecule has 0 aliphatic carbocycles. The molecule has 2 heterocycles. The zero-order valence-corrected chi connectivity index (χ0v) is 17.9. The van der Waals surface area contributed by atoms with Crippen LogP contribution in [-0.2, 0) is 20.9 Å². The van der Waals surface area contributed by atoms with Crippen molar-refractivity contribution in [1.82, 2.24) is 4.57 Å². The summed E-state index contributed by atoms with van der Waals surface area (Å²) < 4.78 is 24.4. The molecule has 0 saturated heterocycles. The van der Waals surface area contributed by atoms with Crippen LogP contribution in [0.25, 0.3) is 10.2 Å². The molecule has 0 N–H and O–H groups in total. The topological polar surface area (TPSA) is 88.4 Å². The van der Waals surface area contributed by atoms with Gasteiger partial charge in [-0.3, -0.25) is 9.59 Å². The quantitative estimate of drug-likeness (QED) is 0.523. The maximum absolute atomic E-state index is 12.5. The predicted molar refractivity (Wildman–Crippen MR) is 115 cm³/mol. The zero-order chi connectivity index (χ0) is 21.6. The van der Waals surface area contributed by atoms with Crippen LogP contribution in [0.1, 0.15) is 12.8 Å². The van der Waals surface area contributed by atoms with Gasteiger partial charge in [-0.05, 0) is 12.1 Å². The molecule has 3 aromatic rings. The van der Waals surface area contributed by atoms with Crippen molar-refractivity contribution in [2.45, 2.75) is 19.4 Å². The second-order valence-electron chi connectivity index (χ2n) is 6.74. The van der Waals surface area contributed by atoms with Crippen LogP contribution in [0.4, 0.5) is 0 Å². The number of carbonyl (C=O) groups excluding carboxylic acids is 2. The van der Waals surface area contributed by atoms with Crippen molar-refractivity contribution in [2.24, 2.45) is 4.99 Å². The van der Waals surface area contributed by atoms with E-state index >= 15 is 0 Å². The van der Waals surface area contributed by atoms with E-state index in [2.05, 4.69) is 4.99 Å². The van der Waals surface area contributed by atoms with Crippen LogP contribution in [0.5, 0.6) is 17.2 Å². The Morgan fingerprint density at radius 1 is 1.10 bits per heavy atom. The number of aryl methyl sites for hydroxylation is 1. The number of thiazole rings is 1. The van der Waals surface area contributed by atoms with Gasteiger partial charge in [0, 0.05) is 18.7 Å². The summed E-state index contributed by atoms with van der Waals surface area (Å²) in [5, 5.41) is 0. The molecule has 0 unspecified atom stereocenters. The molecule has 1 aromatic heterocycles. The van der Waals surface area contributed by atoms with Crippen molar-refractivity contribution in [3.63, 3.8) is 0 Å². The number of aromatic nitrogens is 1. The lowest BCUT2D eigenvalue weighted by atomic mass is 10.2. The number of hydrogen-bond donors (Lipinski definition) is 0. The first kappa shape index (κ1) is 20.9. The van der Waals surface area contributed by atoms with Gasteiger partial charge in [-0.25, -0.2) is 0 Å². The molecule has 8 nitrogen and oxygen atoms in total. The fraction of sp³-hybridized carbons (Fsp3) is 0.318. The van der Waals surface area contributed by atoms with E-state index in [0.717, 1.165) is 10.2 Å². The van der Waals surface area contributed by atoms with E-state index in [1.807, 2.05) is 47.0 Å². The summed E-state index contributed by atoms with van der Waals surface area (Å²) in [7, 11) is 1.35. The van der Waals surface area contributed by atoms with Crippen LogP contribution in [0.3, 0.4) is 0 Å². The molecule has 0 fully saturated rings. The molecular weight excluding hydrogens is 420 g/mol. The number of fused-ring (bicyclic) bond motifs is 2. The Hall–Kier alpha value is -3.33. The summed E-state index contributed by atoms with van der Waals surface area (Å²) in [6, 6.07) is 13.0. The number of hydrogen-bond acceptors (Lipinski definition) is 7. The van der Waals surface area contributed by atoms with Crippen LogP contribution in [0.2, 0.25) is 0 Å². The largest absolute Gasteiger partial charge is 0.493 e. The third-order valence-electron chi connectivity index (χ3n) is 4.66. The van der Waals surface area contributed by atoms with Crippen molar-refractivity contribution in [2.75, 3.05) is 26.9 Å². The summed E-state index contributed by atoms with van der Waals surface area (Å²) in [5.74, 6) is 1.37. The lowest BCUT2D eigenvalue weighted by Gasteiger charge is -2.18. The smallest absolute Gasteiger partial charge is 0.307 e. The number of esters is 1. The highest BCUT2D eigenvalue weighted by atomic mass is 32.1. The first-order chi connectivity index (χ1) is 15.1. The second-order valence-corrected chi connectivity index (χ2v) is 7.75. The second kappa shape index (κ2) is 9.65. The first-order valence-electron chi connectivity index (χ1n) is 9.89. The lowest BCUT2D eigenvalue weighted by Crippen LogP contribution is -2.20. The SMILES string of the molecule is COC(=O)CCn1c(=NC(=O)CCOc2ccccc2)sc2cc3c(cc21)OCCO3. The average molecular weight is 442 g/mol. The summed E-state index contributed by atoms with van der Waals surface area (Å²) in [6.07, 6.45) is 0.304. The standard InChI is InChI=1S/C22H22N2O6S/c1-27-21(26)7-9-24-16-13-17-18(30-12-11-29-17)14-19(16)31-22(24)23-20(25)8-10-28-15-5-3-2-4-6-15/h2-6,13-14H,7-12H2,1H3. The number of carbonyl (C=O) groups is 2. The van der Waals surface area contributed by atoms with Crippen molar-refractivity contribution in [3.8, 4) is 17.2 Å². The van der Waals surface area contributed by atoms with Crippen molar-refractivity contribution < 1.29 is 28.5 Å². The van der Waals surface area contributed by atoms with Crippen LogP contribution in [0.15, 0.2) is 47.5 Å². The number of rotatable bonds is 7. The molecule has 162 valence electrons. The minimum atomic E-state index is -0.335. The van der Waals surface area contributed by atoms with Gasteiger partial charge < -0.3 is 23.5 Å². The number of para-hydroxylation sites is 1. The minimum absolute atomic E-state index is 0.142. The monoisotopic (exact) mass is 442 g/mol. The Labute approximate surface area is 182 Å². The van der Waals surface area contributed by atoms with E-state index in [4.69, 9.17) is 18.9 Å². The van der Waals surface area contributed by atoms with Gasteiger partial charge >= 0.3 is 5.97 Å². The lowest BCUT2D eigenvalue weighted by molar-refractivity contribution is -0.140. The molecule has 2 aromatic carbocycles. The molecule has 0 atom stereocenters. The maximum atomic E-state index is 12.5. The van der Waals surface area contributed by atoms with E-state index in [1.165, 1.54) is 18.4 Å². The Kier molecular flexibility index (Phi) is 6.51. The summed E-state index contributed by atoms with van der Waals surface area (Å²) in [4.78, 5) is 29.0. The summed E-state index contributed by atoms with van der Waals surface area (Å²) in [6.45, 7) is 1.53. The van der Waals surface area contributed by atoms with Crippen LogP contribution < -0.4 is 19.0 Å². The van der Waals surface area contributed by atoms with Crippen LogP contribution in [-0.4, -0.2) is 43.4 Å². The third kappa shape index (κ3) is 5.05. The van der Waals surface area contributed by atoms with Crippen LogP contribution in [0, 0.1) is 0 Å². The van der Waals surface area contributed by atoms with E-state index in [-0.39, 0.29) is 31.3 Å². The van der Waals surface area contributed by atoms with Gasteiger partial charge in [0.25, 0.3) is 5.91 Å². The fourth-order valence-corrected chi connectivity index (χ4v) is 4.23. The first-order valence-corrected chi connectivity index (χ1v) is 10.7. The van der Waals surface area contributed by atoms with Gasteiger partial charge in [-0.2, -0.15) is 4.99 Å². The maximum Gasteiger partial charge on any atom is 0.307 e. The van der Waals surface area contributed by atoms with Crippen LogP contribution >= 0.6 is 11.3 Å². The van der Waals surface area contributed by atoms with E-state index in [1.54, 1.807) is 0 Å². The Morgan fingerprint density at radius 3 is 2.58 bits per heavy atom. The minimum Gasteiger partial charge on any atom is -0.493 e. The molecule has 1 aliphatic heterocycles. The fourth-order valence-electron chi connectivity index (χ4n) is 3.15. The van der Waals surface area contributed by atoms with E-state index < -0.39 is 0 Å². The van der Waals surface area contributed by atoms with Crippen molar-refractivity contribution >= 4 is 33.4 Å². The summed E-state index contributed by atoms with van der Waals surface area (Å²) in [5.41, 5.74) is 0.824. The zero-order valence-electron chi connectivity index (χ0n) is 17.0. The van der Waals surface area contributed by atoms with Crippen molar-refractivity contribution in [1.29, 1.82) is 0 Å². The summed E-state index contributed by atoms with van der Waals surface area (Å²) >= 11 is 1.36. The Bertz CT molecular complexity index is 1150. The number of benzene rings is 2. The highest BCUT2D eigenvalue weighted by Crippen LogP contribution is 2.35. The number of nitrogens with zero attached hydrogens (tertiary/aromatic N) is 2. The molecule has 9 heteroatoms. The predicted octanol–water partition coefficient (Wildman–Crippen LogP) is 2.93. The molecule has 31 heavy (non-hydrogen) atoms. The normalized spacial score (nSPS) is 13.3. The molecule has 4 rings (SSSR count). The third-order valence-corrected chi connectivity index (χ3v) is 5.70. The van der Waals surface area contributed by atoms with Gasteiger partial charge in [-0.1, -0.05) is 29.5 Å². The molecular formula is C22H22N2O6S. The molecule has 1 aliphatic rings. The molecule has 0 spiro atoms. The highest BCUT2D eigenvalue weighted by molar-refractivity contribution is 7.16. The molecule has 0 saturated carbocycles. The van der Waals surface area contributed by atoms with E-state index in [9.17, 15) is 9.59 Å². The highest BCUT2D eigenvalue weighted by Gasteiger charge is 2.17. The van der Waals surface area contributed by atoms with Gasteiger partial charge in [0.1, 0.15) is 19.0 Å². The van der Waals surface area contributed by atoms with Gasteiger partial charge in [0.2, 0.25) is 0 Å². The Balaban J connectivity index is 1.59. The molecule has 1 amide bonds. The van der Waals surface area contributed by atoms with Gasteiger partial charge in [-0.15, -0.1) is 0 Å². The molecule has 0 radical (unpaired) electrons. The van der Waals surface area contributed by atoms with Gasteiger partial charge in [0.15, 0.2) is 16.3 Å². The number of methoxy groups -OCH3 is 1. The van der Waals surface area contributed by atoms with Gasteiger partial charge in [0.05, 0.1) is 36.8 Å². The van der Waals surface area contributed by atoms with Crippen molar-refractivity contribution in [3.05, 3.63) is 47.3 Å². The number of amides is 1. The molecule has 0 bridgehead atoms. The Morgan fingerprint density at radius 2 is 1.84 bits per heavy atom. The van der Waals surface area contributed by atoms with E-state index in [0.29, 0.717) is 41.8 Å². The number of ether oxygens (including phenoxy) is 4. The average Bonchev–Trinajstić information content (AvgIpc) is 3.12.